The Morgan fingerprint density at radius 2 is 1.94 bits per heavy atom. The van der Waals surface area contributed by atoms with Gasteiger partial charge in [0, 0.05) is 42.0 Å². The highest BCUT2D eigenvalue weighted by Gasteiger charge is 2.35. The van der Waals surface area contributed by atoms with Crippen molar-refractivity contribution in [3.05, 3.63) is 51.9 Å². The third kappa shape index (κ3) is 6.31. The van der Waals surface area contributed by atoms with Crippen LogP contribution in [0.2, 0.25) is 0 Å². The van der Waals surface area contributed by atoms with E-state index in [-0.39, 0.29) is 35.8 Å². The molecule has 1 aliphatic carbocycles. The van der Waals surface area contributed by atoms with Gasteiger partial charge in [-0.05, 0) is 55.2 Å². The molecule has 188 valence electrons. The van der Waals surface area contributed by atoms with E-state index in [1.165, 1.54) is 11.3 Å². The number of nitriles is 1. The zero-order chi connectivity index (χ0) is 25.6. The van der Waals surface area contributed by atoms with Crippen molar-refractivity contribution in [2.45, 2.75) is 72.3 Å². The van der Waals surface area contributed by atoms with Crippen LogP contribution in [0.25, 0.3) is 0 Å². The Balaban J connectivity index is 1.89. The maximum Gasteiger partial charge on any atom is 0.254 e. The SMILES string of the molecule is CCC(CC)C(=O)Nc1sc2c(c1C#N)CCC(N(CC(C)(C)CCO)C(=O)c1ccccc1)C2. The first-order valence-electron chi connectivity index (χ1n) is 12.6. The number of amides is 2. The van der Waals surface area contributed by atoms with Gasteiger partial charge >= 0.3 is 0 Å². The van der Waals surface area contributed by atoms with Crippen LogP contribution in [-0.2, 0) is 17.6 Å². The minimum absolute atomic E-state index is 0.00983. The van der Waals surface area contributed by atoms with E-state index in [0.29, 0.717) is 41.9 Å². The molecule has 2 aromatic rings. The van der Waals surface area contributed by atoms with Crippen molar-refractivity contribution < 1.29 is 14.7 Å². The summed E-state index contributed by atoms with van der Waals surface area (Å²) in [6.07, 6.45) is 4.23. The third-order valence-corrected chi connectivity index (χ3v) is 8.22. The number of benzene rings is 1. The number of carbonyl (C=O) groups is 2. The molecule has 0 bridgehead atoms. The molecular formula is C28H37N3O3S. The number of aliphatic hydroxyl groups excluding tert-OH is 1. The van der Waals surface area contributed by atoms with Crippen LogP contribution in [0.1, 0.15) is 79.7 Å². The smallest absolute Gasteiger partial charge is 0.254 e. The van der Waals surface area contributed by atoms with Crippen LogP contribution in [0.15, 0.2) is 30.3 Å². The standard InChI is InChI=1S/C28H37N3O3S/c1-5-19(6-2)25(33)30-26-23(17-29)22-13-12-21(16-24(22)35-26)31(18-28(3,4)14-15-32)27(34)20-10-8-7-9-11-20/h7-11,19,21,32H,5-6,12-16,18H2,1-4H3,(H,30,33). The van der Waals surface area contributed by atoms with Gasteiger partial charge in [-0.1, -0.05) is 45.9 Å². The lowest BCUT2D eigenvalue weighted by Gasteiger charge is -2.39. The summed E-state index contributed by atoms with van der Waals surface area (Å²) < 4.78 is 0. The first-order valence-corrected chi connectivity index (χ1v) is 13.4. The highest BCUT2D eigenvalue weighted by Crippen LogP contribution is 2.40. The van der Waals surface area contributed by atoms with Gasteiger partial charge < -0.3 is 15.3 Å². The molecule has 7 heteroatoms. The Hall–Kier alpha value is -2.69. The fraction of sp³-hybridized carbons (Fsp3) is 0.536. The summed E-state index contributed by atoms with van der Waals surface area (Å²) in [6.45, 7) is 8.76. The molecule has 2 amide bonds. The van der Waals surface area contributed by atoms with Crippen LogP contribution in [-0.4, -0.2) is 41.0 Å². The van der Waals surface area contributed by atoms with Gasteiger partial charge in [0.05, 0.1) is 5.56 Å². The molecule has 0 radical (unpaired) electrons. The number of hydrogen-bond acceptors (Lipinski definition) is 5. The molecule has 1 aromatic heterocycles. The van der Waals surface area contributed by atoms with Gasteiger partial charge in [0.1, 0.15) is 11.1 Å². The number of hydrogen-bond donors (Lipinski definition) is 2. The van der Waals surface area contributed by atoms with E-state index in [1.54, 1.807) is 0 Å². The molecular weight excluding hydrogens is 458 g/mol. The van der Waals surface area contributed by atoms with Gasteiger partial charge in [0.25, 0.3) is 5.91 Å². The molecule has 6 nitrogen and oxygen atoms in total. The minimum atomic E-state index is -0.235. The van der Waals surface area contributed by atoms with Crippen molar-refractivity contribution in [2.75, 3.05) is 18.5 Å². The highest BCUT2D eigenvalue weighted by molar-refractivity contribution is 7.16. The second-order valence-corrected chi connectivity index (χ2v) is 11.3. The van der Waals surface area contributed by atoms with E-state index in [2.05, 4.69) is 25.2 Å². The summed E-state index contributed by atoms with van der Waals surface area (Å²) in [6, 6.07) is 11.6. The number of nitrogens with zero attached hydrogens (tertiary/aromatic N) is 2. The van der Waals surface area contributed by atoms with Crippen LogP contribution < -0.4 is 5.32 Å². The predicted octanol–water partition coefficient (Wildman–Crippen LogP) is 5.40. The van der Waals surface area contributed by atoms with Crippen molar-refractivity contribution in [3.8, 4) is 6.07 Å². The van der Waals surface area contributed by atoms with E-state index in [0.717, 1.165) is 29.7 Å². The average Bonchev–Trinajstić information content (AvgIpc) is 3.19. The Kier molecular flexibility index (Phi) is 9.09. The van der Waals surface area contributed by atoms with Crippen molar-refractivity contribution in [1.82, 2.24) is 4.90 Å². The maximum atomic E-state index is 13.6. The molecule has 35 heavy (non-hydrogen) atoms. The fourth-order valence-corrected chi connectivity index (χ4v) is 6.14. The molecule has 0 saturated heterocycles. The van der Waals surface area contributed by atoms with Gasteiger partial charge in [-0.3, -0.25) is 9.59 Å². The largest absolute Gasteiger partial charge is 0.396 e. The monoisotopic (exact) mass is 495 g/mol. The maximum absolute atomic E-state index is 13.6. The van der Waals surface area contributed by atoms with Crippen LogP contribution in [0.5, 0.6) is 0 Å². The third-order valence-electron chi connectivity index (χ3n) is 7.05. The summed E-state index contributed by atoms with van der Waals surface area (Å²) in [5.74, 6) is -0.112. The molecule has 1 atom stereocenters. The quantitative estimate of drug-likeness (QED) is 0.461. The Morgan fingerprint density at radius 3 is 2.54 bits per heavy atom. The second kappa shape index (κ2) is 11.8. The topological polar surface area (TPSA) is 93.4 Å². The molecule has 0 saturated carbocycles. The van der Waals surface area contributed by atoms with E-state index in [1.807, 2.05) is 49.1 Å². The molecule has 1 aromatic carbocycles. The predicted molar refractivity (Wildman–Crippen MR) is 141 cm³/mol. The van der Waals surface area contributed by atoms with Crippen molar-refractivity contribution in [1.29, 1.82) is 5.26 Å². The highest BCUT2D eigenvalue weighted by atomic mass is 32.1. The molecule has 0 spiro atoms. The number of thiophene rings is 1. The number of nitrogens with one attached hydrogen (secondary N) is 1. The Bertz CT molecular complexity index is 1070. The summed E-state index contributed by atoms with van der Waals surface area (Å²) in [5.41, 5.74) is 2.00. The number of fused-ring (bicyclic) bond motifs is 1. The van der Waals surface area contributed by atoms with Crippen LogP contribution in [0.4, 0.5) is 5.00 Å². The van der Waals surface area contributed by atoms with Crippen molar-refractivity contribution in [3.63, 3.8) is 0 Å². The molecule has 0 fully saturated rings. The van der Waals surface area contributed by atoms with Crippen LogP contribution in [0, 0.1) is 22.7 Å². The molecule has 1 aliphatic rings. The lowest BCUT2D eigenvalue weighted by atomic mass is 9.85. The first kappa shape index (κ1) is 26.9. The lowest BCUT2D eigenvalue weighted by Crippen LogP contribution is -2.47. The van der Waals surface area contributed by atoms with Gasteiger partial charge in [-0.25, -0.2) is 0 Å². The van der Waals surface area contributed by atoms with Crippen LogP contribution >= 0.6 is 11.3 Å². The van der Waals surface area contributed by atoms with Gasteiger partial charge in [-0.2, -0.15) is 5.26 Å². The number of rotatable bonds is 10. The average molecular weight is 496 g/mol. The van der Waals surface area contributed by atoms with E-state index in [9.17, 15) is 20.0 Å². The van der Waals surface area contributed by atoms with E-state index < -0.39 is 0 Å². The molecule has 1 heterocycles. The second-order valence-electron chi connectivity index (χ2n) is 10.2. The number of carbonyl (C=O) groups excluding carboxylic acids is 2. The zero-order valence-electron chi connectivity index (χ0n) is 21.3. The summed E-state index contributed by atoms with van der Waals surface area (Å²) in [5, 5.41) is 23.1. The number of anilines is 1. The Labute approximate surface area is 213 Å². The lowest BCUT2D eigenvalue weighted by molar-refractivity contribution is -0.120. The Morgan fingerprint density at radius 1 is 1.26 bits per heavy atom. The molecule has 3 rings (SSSR count). The minimum Gasteiger partial charge on any atom is -0.396 e. The van der Waals surface area contributed by atoms with E-state index >= 15 is 0 Å². The zero-order valence-corrected chi connectivity index (χ0v) is 22.1. The molecule has 1 unspecified atom stereocenters. The summed E-state index contributed by atoms with van der Waals surface area (Å²) in [7, 11) is 0. The van der Waals surface area contributed by atoms with Crippen molar-refractivity contribution >= 4 is 28.2 Å². The fourth-order valence-electron chi connectivity index (χ4n) is 4.87. The van der Waals surface area contributed by atoms with E-state index in [4.69, 9.17) is 0 Å². The van der Waals surface area contributed by atoms with Crippen LogP contribution in [0.3, 0.4) is 0 Å². The number of aliphatic hydroxyl groups is 1. The van der Waals surface area contributed by atoms with Gasteiger partial charge in [0.2, 0.25) is 5.91 Å². The summed E-state index contributed by atoms with van der Waals surface area (Å²) >= 11 is 1.48. The molecule has 0 aliphatic heterocycles. The molecule has 2 N–H and O–H groups in total. The summed E-state index contributed by atoms with van der Waals surface area (Å²) in [4.78, 5) is 29.3. The first-order chi connectivity index (χ1) is 16.7. The van der Waals surface area contributed by atoms with Crippen molar-refractivity contribution in [2.24, 2.45) is 11.3 Å². The van der Waals surface area contributed by atoms with Gasteiger partial charge in [0.15, 0.2) is 0 Å². The van der Waals surface area contributed by atoms with Gasteiger partial charge in [-0.15, -0.1) is 11.3 Å². The normalized spacial score (nSPS) is 15.4.